The third kappa shape index (κ3) is 1.55. The van der Waals surface area contributed by atoms with Gasteiger partial charge in [0.15, 0.2) is 0 Å². The Labute approximate surface area is 83.4 Å². The molecule has 2 aromatic heterocycles. The molecule has 2 rings (SSSR count). The summed E-state index contributed by atoms with van der Waals surface area (Å²) in [6.45, 7) is 1.76. The van der Waals surface area contributed by atoms with Gasteiger partial charge in [0.2, 0.25) is 0 Å². The van der Waals surface area contributed by atoms with Crippen molar-refractivity contribution in [1.29, 1.82) is 0 Å². The minimum atomic E-state index is -4.37. The second-order valence-electron chi connectivity index (χ2n) is 3.10. The summed E-state index contributed by atoms with van der Waals surface area (Å²) in [7, 11) is 0. The number of nitrogens with zero attached hydrogens (tertiary/aromatic N) is 2. The highest BCUT2D eigenvalue weighted by Crippen LogP contribution is 2.35. The second-order valence-corrected chi connectivity index (χ2v) is 3.10. The van der Waals surface area contributed by atoms with Crippen LogP contribution in [0.3, 0.4) is 0 Å². The van der Waals surface area contributed by atoms with E-state index < -0.39 is 11.7 Å². The van der Waals surface area contributed by atoms with Gasteiger partial charge in [-0.2, -0.15) is 13.2 Å². The lowest BCUT2D eigenvalue weighted by atomic mass is 10.1. The largest absolute Gasteiger partial charge is 0.418 e. The van der Waals surface area contributed by atoms with E-state index in [0.717, 1.165) is 6.20 Å². The van der Waals surface area contributed by atoms with Crippen LogP contribution in [-0.2, 0) is 12.6 Å². The molecule has 2 aromatic rings. The van der Waals surface area contributed by atoms with Crippen LogP contribution >= 0.6 is 0 Å². The zero-order chi connectivity index (χ0) is 11.1. The fourth-order valence-corrected chi connectivity index (χ4v) is 1.52. The molecule has 0 amide bonds. The molecule has 0 aliphatic rings. The van der Waals surface area contributed by atoms with Crippen LogP contribution in [0.2, 0.25) is 0 Å². The lowest BCUT2D eigenvalue weighted by molar-refractivity contribution is -0.136. The van der Waals surface area contributed by atoms with Gasteiger partial charge in [-0.3, -0.25) is 0 Å². The number of rotatable bonds is 1. The smallest absolute Gasteiger partial charge is 0.345 e. The molecule has 0 bridgehead atoms. The summed E-state index contributed by atoms with van der Waals surface area (Å²) in [5.41, 5.74) is -0.0577. The molecule has 0 aromatic carbocycles. The van der Waals surface area contributed by atoms with Gasteiger partial charge in [-0.25, -0.2) is 9.97 Å². The average Bonchev–Trinajstić information content (AvgIpc) is 2.59. The van der Waals surface area contributed by atoms with Gasteiger partial charge in [0.25, 0.3) is 0 Å². The first kappa shape index (κ1) is 9.95. The number of hydrogen-bond acceptors (Lipinski definition) is 2. The van der Waals surface area contributed by atoms with E-state index in [1.807, 2.05) is 0 Å². The number of aromatic nitrogens is 3. The van der Waals surface area contributed by atoms with Gasteiger partial charge in [-0.15, -0.1) is 0 Å². The maximum absolute atomic E-state index is 12.6. The van der Waals surface area contributed by atoms with Crippen LogP contribution in [0, 0.1) is 0 Å². The van der Waals surface area contributed by atoms with E-state index in [4.69, 9.17) is 0 Å². The van der Waals surface area contributed by atoms with Gasteiger partial charge >= 0.3 is 6.18 Å². The van der Waals surface area contributed by atoms with Gasteiger partial charge in [0.1, 0.15) is 12.0 Å². The minimum Gasteiger partial charge on any atom is -0.345 e. The van der Waals surface area contributed by atoms with Crippen molar-refractivity contribution in [2.24, 2.45) is 0 Å². The summed E-state index contributed by atoms with van der Waals surface area (Å²) in [5.74, 6) is 0. The first-order valence-electron chi connectivity index (χ1n) is 4.42. The molecule has 80 valence electrons. The van der Waals surface area contributed by atoms with Crippen LogP contribution in [0.4, 0.5) is 13.2 Å². The quantitative estimate of drug-likeness (QED) is 0.794. The highest BCUT2D eigenvalue weighted by atomic mass is 19.4. The summed E-state index contributed by atoms with van der Waals surface area (Å²) in [6, 6.07) is 0. The van der Waals surface area contributed by atoms with E-state index >= 15 is 0 Å². The second kappa shape index (κ2) is 3.22. The van der Waals surface area contributed by atoms with E-state index in [1.165, 1.54) is 6.33 Å². The standard InChI is InChI=1S/C9H8F3N3/c1-2-6-7-5(9(10,11)12)3-13-8(7)15-4-14-6/h3-4H,2H2,1H3,(H,13,14,15). The monoisotopic (exact) mass is 215 g/mol. The predicted octanol–water partition coefficient (Wildman–Crippen LogP) is 2.54. The Balaban J connectivity index is 2.77. The first-order chi connectivity index (χ1) is 7.04. The Morgan fingerprint density at radius 2 is 2.07 bits per heavy atom. The fraction of sp³-hybridized carbons (Fsp3) is 0.333. The molecule has 0 radical (unpaired) electrons. The van der Waals surface area contributed by atoms with E-state index in [-0.39, 0.29) is 11.0 Å². The molecule has 0 saturated carbocycles. The molecule has 0 atom stereocenters. The van der Waals surface area contributed by atoms with Crippen molar-refractivity contribution in [3.05, 3.63) is 23.8 Å². The SMILES string of the molecule is CCc1ncnc2[nH]cc(C(F)(F)F)c12. The highest BCUT2D eigenvalue weighted by molar-refractivity contribution is 5.82. The van der Waals surface area contributed by atoms with Crippen molar-refractivity contribution < 1.29 is 13.2 Å². The lowest BCUT2D eigenvalue weighted by Gasteiger charge is -2.05. The Bertz CT molecular complexity index is 487. The summed E-state index contributed by atoms with van der Waals surface area (Å²) >= 11 is 0. The number of hydrogen-bond donors (Lipinski definition) is 1. The molecule has 15 heavy (non-hydrogen) atoms. The fourth-order valence-electron chi connectivity index (χ4n) is 1.52. The van der Waals surface area contributed by atoms with Crippen molar-refractivity contribution >= 4 is 11.0 Å². The van der Waals surface area contributed by atoms with Crippen molar-refractivity contribution in [2.45, 2.75) is 19.5 Å². The molecule has 0 fully saturated rings. The zero-order valence-electron chi connectivity index (χ0n) is 7.89. The van der Waals surface area contributed by atoms with Crippen molar-refractivity contribution in [3.8, 4) is 0 Å². The van der Waals surface area contributed by atoms with Crippen molar-refractivity contribution in [3.63, 3.8) is 0 Å². The van der Waals surface area contributed by atoms with Crippen LogP contribution in [0.25, 0.3) is 11.0 Å². The van der Waals surface area contributed by atoms with Crippen molar-refractivity contribution in [1.82, 2.24) is 15.0 Å². The third-order valence-electron chi connectivity index (χ3n) is 2.19. The minimum absolute atomic E-state index is 0.0764. The molecule has 0 aliphatic carbocycles. The number of alkyl halides is 3. The Morgan fingerprint density at radius 1 is 1.33 bits per heavy atom. The number of fused-ring (bicyclic) bond motifs is 1. The van der Waals surface area contributed by atoms with E-state index in [0.29, 0.717) is 12.1 Å². The topological polar surface area (TPSA) is 41.6 Å². The van der Waals surface area contributed by atoms with E-state index in [1.54, 1.807) is 6.92 Å². The molecule has 2 heterocycles. The molecule has 0 aliphatic heterocycles. The van der Waals surface area contributed by atoms with E-state index in [9.17, 15) is 13.2 Å². The van der Waals surface area contributed by atoms with Crippen LogP contribution in [0.5, 0.6) is 0 Å². The molecule has 3 nitrogen and oxygen atoms in total. The maximum atomic E-state index is 12.6. The first-order valence-corrected chi connectivity index (χ1v) is 4.42. The molecular weight excluding hydrogens is 207 g/mol. The van der Waals surface area contributed by atoms with E-state index in [2.05, 4.69) is 15.0 Å². The Hall–Kier alpha value is -1.59. The summed E-state index contributed by atoms with van der Waals surface area (Å²) in [4.78, 5) is 10.1. The zero-order valence-corrected chi connectivity index (χ0v) is 7.89. The summed E-state index contributed by atoms with van der Waals surface area (Å²) in [5, 5.41) is 0.0764. The van der Waals surface area contributed by atoms with Gasteiger partial charge < -0.3 is 4.98 Å². The molecule has 6 heteroatoms. The Morgan fingerprint density at radius 3 is 2.67 bits per heavy atom. The lowest BCUT2D eigenvalue weighted by Crippen LogP contribution is -2.05. The third-order valence-corrected chi connectivity index (χ3v) is 2.19. The van der Waals surface area contributed by atoms with Gasteiger partial charge in [-0.05, 0) is 6.42 Å². The van der Waals surface area contributed by atoms with Crippen LogP contribution in [0.1, 0.15) is 18.2 Å². The number of H-pyrrole nitrogens is 1. The van der Waals surface area contributed by atoms with Crippen molar-refractivity contribution in [2.75, 3.05) is 0 Å². The van der Waals surface area contributed by atoms with Crippen LogP contribution in [-0.4, -0.2) is 15.0 Å². The number of aromatic amines is 1. The number of aryl methyl sites for hydroxylation is 1. The number of nitrogens with one attached hydrogen (secondary N) is 1. The molecule has 0 saturated heterocycles. The summed E-state index contributed by atoms with van der Waals surface area (Å²) < 4.78 is 37.8. The normalized spacial score (nSPS) is 12.3. The Kier molecular flexibility index (Phi) is 2.13. The number of halogens is 3. The van der Waals surface area contributed by atoms with Gasteiger partial charge in [0, 0.05) is 6.20 Å². The summed E-state index contributed by atoms with van der Waals surface area (Å²) in [6.07, 6.45) is -1.73. The van der Waals surface area contributed by atoms with Gasteiger partial charge in [-0.1, -0.05) is 6.92 Å². The average molecular weight is 215 g/mol. The van der Waals surface area contributed by atoms with Crippen LogP contribution in [0.15, 0.2) is 12.5 Å². The highest BCUT2D eigenvalue weighted by Gasteiger charge is 2.34. The molecular formula is C9H8F3N3. The maximum Gasteiger partial charge on any atom is 0.418 e. The molecule has 1 N–H and O–H groups in total. The molecule has 0 spiro atoms. The van der Waals surface area contributed by atoms with Gasteiger partial charge in [0.05, 0.1) is 16.6 Å². The predicted molar refractivity (Wildman–Crippen MR) is 48.3 cm³/mol. The van der Waals surface area contributed by atoms with Crippen LogP contribution < -0.4 is 0 Å². The molecule has 0 unspecified atom stereocenters.